The van der Waals surface area contributed by atoms with Gasteiger partial charge in [0.2, 0.25) is 11.8 Å². The monoisotopic (exact) mass is 329 g/mol. The van der Waals surface area contributed by atoms with Crippen LogP contribution in [0.1, 0.15) is 44.7 Å². The highest BCUT2D eigenvalue weighted by atomic mass is 16.2. The Morgan fingerprint density at radius 2 is 2.08 bits per heavy atom. The summed E-state index contributed by atoms with van der Waals surface area (Å²) in [6, 6.07) is 10.8. The number of likely N-dealkylation sites (N-methyl/N-ethyl adjacent to an activating group) is 1. The molecule has 0 unspecified atom stereocenters. The van der Waals surface area contributed by atoms with Gasteiger partial charge in [-0.1, -0.05) is 30.3 Å². The molecule has 0 bridgehead atoms. The van der Waals surface area contributed by atoms with Gasteiger partial charge >= 0.3 is 0 Å². The van der Waals surface area contributed by atoms with Gasteiger partial charge in [-0.15, -0.1) is 0 Å². The number of carbonyl (C=O) groups is 2. The maximum absolute atomic E-state index is 12.7. The van der Waals surface area contributed by atoms with Gasteiger partial charge < -0.3 is 10.2 Å². The van der Waals surface area contributed by atoms with Crippen LogP contribution in [0.2, 0.25) is 0 Å². The Bertz CT molecular complexity index is 590. The van der Waals surface area contributed by atoms with Crippen LogP contribution in [0.3, 0.4) is 0 Å². The van der Waals surface area contributed by atoms with Crippen molar-refractivity contribution in [3.05, 3.63) is 35.9 Å². The predicted octanol–water partition coefficient (Wildman–Crippen LogP) is 1.95. The first kappa shape index (κ1) is 17.0. The molecule has 0 saturated carbocycles. The van der Waals surface area contributed by atoms with Gasteiger partial charge in [0, 0.05) is 38.1 Å². The summed E-state index contributed by atoms with van der Waals surface area (Å²) in [5, 5.41) is 2.81. The molecule has 1 N–H and O–H groups in total. The summed E-state index contributed by atoms with van der Waals surface area (Å²) in [7, 11) is 0. The first-order valence-corrected chi connectivity index (χ1v) is 8.99. The van der Waals surface area contributed by atoms with E-state index in [-0.39, 0.29) is 23.9 Å². The SMILES string of the molecule is CCN(C(=O)[C@@H]1CCC(=O)N1)[C@H]1CCN([C@H](C)c2ccccc2)C1. The molecule has 3 rings (SSSR count). The van der Waals surface area contributed by atoms with Crippen molar-refractivity contribution in [2.45, 2.75) is 51.2 Å². The number of nitrogens with one attached hydrogen (secondary N) is 1. The number of carbonyl (C=O) groups excluding carboxylic acids is 2. The van der Waals surface area contributed by atoms with E-state index in [1.807, 2.05) is 17.9 Å². The first-order valence-electron chi connectivity index (χ1n) is 8.99. The van der Waals surface area contributed by atoms with Gasteiger partial charge in [-0.05, 0) is 32.3 Å². The fourth-order valence-electron chi connectivity index (χ4n) is 3.91. The minimum Gasteiger partial charge on any atom is -0.344 e. The molecule has 24 heavy (non-hydrogen) atoms. The van der Waals surface area contributed by atoms with Crippen LogP contribution in [0.5, 0.6) is 0 Å². The molecule has 0 radical (unpaired) electrons. The Kier molecular flexibility index (Phi) is 5.19. The maximum Gasteiger partial charge on any atom is 0.245 e. The molecular weight excluding hydrogens is 302 g/mol. The second-order valence-electron chi connectivity index (χ2n) is 6.81. The molecule has 2 heterocycles. The lowest BCUT2D eigenvalue weighted by atomic mass is 10.1. The number of amides is 2. The van der Waals surface area contributed by atoms with Crippen molar-refractivity contribution in [2.24, 2.45) is 0 Å². The van der Waals surface area contributed by atoms with Crippen molar-refractivity contribution in [3.63, 3.8) is 0 Å². The zero-order chi connectivity index (χ0) is 17.1. The molecule has 0 aromatic heterocycles. The zero-order valence-corrected chi connectivity index (χ0v) is 14.6. The summed E-state index contributed by atoms with van der Waals surface area (Å²) in [4.78, 5) is 28.6. The topological polar surface area (TPSA) is 52.7 Å². The molecule has 3 atom stereocenters. The summed E-state index contributed by atoms with van der Waals surface area (Å²) in [6.45, 7) is 6.85. The Labute approximate surface area is 144 Å². The van der Waals surface area contributed by atoms with E-state index in [4.69, 9.17) is 0 Å². The molecular formula is C19H27N3O2. The third kappa shape index (κ3) is 3.46. The fraction of sp³-hybridized carbons (Fsp3) is 0.579. The highest BCUT2D eigenvalue weighted by Crippen LogP contribution is 2.27. The first-order chi connectivity index (χ1) is 11.6. The minimum atomic E-state index is -0.321. The third-order valence-corrected chi connectivity index (χ3v) is 5.38. The third-order valence-electron chi connectivity index (χ3n) is 5.38. The van der Waals surface area contributed by atoms with Gasteiger partial charge in [-0.2, -0.15) is 0 Å². The fourth-order valence-corrected chi connectivity index (χ4v) is 3.91. The van der Waals surface area contributed by atoms with Gasteiger partial charge in [0.05, 0.1) is 0 Å². The number of hydrogen-bond donors (Lipinski definition) is 1. The van der Waals surface area contributed by atoms with Crippen molar-refractivity contribution in [1.82, 2.24) is 15.1 Å². The van der Waals surface area contributed by atoms with Gasteiger partial charge in [-0.25, -0.2) is 0 Å². The van der Waals surface area contributed by atoms with Gasteiger partial charge in [0.15, 0.2) is 0 Å². The molecule has 0 spiro atoms. The molecule has 2 amide bonds. The molecule has 2 fully saturated rings. The van der Waals surface area contributed by atoms with E-state index in [1.165, 1.54) is 5.56 Å². The number of hydrogen-bond acceptors (Lipinski definition) is 3. The van der Waals surface area contributed by atoms with Crippen molar-refractivity contribution in [2.75, 3.05) is 19.6 Å². The van der Waals surface area contributed by atoms with Crippen LogP contribution in [0, 0.1) is 0 Å². The molecule has 1 aromatic carbocycles. The highest BCUT2D eigenvalue weighted by molar-refractivity contribution is 5.91. The van der Waals surface area contributed by atoms with E-state index < -0.39 is 0 Å². The van der Waals surface area contributed by atoms with E-state index in [9.17, 15) is 9.59 Å². The van der Waals surface area contributed by atoms with Crippen LogP contribution in [-0.4, -0.2) is 53.3 Å². The zero-order valence-electron chi connectivity index (χ0n) is 14.6. The van der Waals surface area contributed by atoms with Crippen LogP contribution >= 0.6 is 0 Å². The van der Waals surface area contributed by atoms with E-state index >= 15 is 0 Å². The summed E-state index contributed by atoms with van der Waals surface area (Å²) in [6.07, 6.45) is 2.10. The smallest absolute Gasteiger partial charge is 0.245 e. The van der Waals surface area contributed by atoms with Crippen LogP contribution < -0.4 is 5.32 Å². The summed E-state index contributed by atoms with van der Waals surface area (Å²) in [5.41, 5.74) is 1.32. The van der Waals surface area contributed by atoms with Crippen molar-refractivity contribution in [3.8, 4) is 0 Å². The predicted molar refractivity (Wildman–Crippen MR) is 93.4 cm³/mol. The lowest BCUT2D eigenvalue weighted by molar-refractivity contribution is -0.136. The average Bonchev–Trinajstić information content (AvgIpc) is 3.25. The van der Waals surface area contributed by atoms with E-state index in [0.717, 1.165) is 19.5 Å². The van der Waals surface area contributed by atoms with Crippen molar-refractivity contribution in [1.29, 1.82) is 0 Å². The Morgan fingerprint density at radius 1 is 1.33 bits per heavy atom. The van der Waals surface area contributed by atoms with Crippen molar-refractivity contribution >= 4 is 11.8 Å². The highest BCUT2D eigenvalue weighted by Gasteiger charge is 2.36. The molecule has 0 aliphatic carbocycles. The molecule has 2 aliphatic rings. The van der Waals surface area contributed by atoms with Crippen LogP contribution in [0.15, 0.2) is 30.3 Å². The number of benzene rings is 1. The largest absolute Gasteiger partial charge is 0.344 e. The van der Waals surface area contributed by atoms with Gasteiger partial charge in [-0.3, -0.25) is 14.5 Å². The second-order valence-corrected chi connectivity index (χ2v) is 6.81. The second kappa shape index (κ2) is 7.34. The number of rotatable bonds is 5. The molecule has 1 aromatic rings. The van der Waals surface area contributed by atoms with Gasteiger partial charge in [0.1, 0.15) is 6.04 Å². The molecule has 2 saturated heterocycles. The normalized spacial score (nSPS) is 25.5. The maximum atomic E-state index is 12.7. The standard InChI is InChI=1S/C19H27N3O2/c1-3-22(19(24)17-9-10-18(23)20-17)16-11-12-21(13-16)14(2)15-7-5-4-6-8-15/h4-8,14,16-17H,3,9-13H2,1-2H3,(H,20,23)/t14-,16+,17+/m1/s1. The van der Waals surface area contributed by atoms with Crippen LogP contribution in [-0.2, 0) is 9.59 Å². The van der Waals surface area contributed by atoms with Gasteiger partial charge in [0.25, 0.3) is 0 Å². The van der Waals surface area contributed by atoms with Crippen LogP contribution in [0.25, 0.3) is 0 Å². The summed E-state index contributed by atoms with van der Waals surface area (Å²) < 4.78 is 0. The molecule has 5 nitrogen and oxygen atoms in total. The van der Waals surface area contributed by atoms with E-state index in [0.29, 0.717) is 25.4 Å². The Hall–Kier alpha value is -1.88. The Balaban J connectivity index is 1.63. The van der Waals surface area contributed by atoms with E-state index in [2.05, 4.69) is 41.4 Å². The molecule has 2 aliphatic heterocycles. The lowest BCUT2D eigenvalue weighted by Crippen LogP contribution is -2.49. The number of nitrogens with zero attached hydrogens (tertiary/aromatic N) is 2. The molecule has 130 valence electrons. The summed E-state index contributed by atoms with van der Waals surface area (Å²) >= 11 is 0. The lowest BCUT2D eigenvalue weighted by Gasteiger charge is -2.31. The quantitative estimate of drug-likeness (QED) is 0.898. The Morgan fingerprint density at radius 3 is 2.71 bits per heavy atom. The van der Waals surface area contributed by atoms with E-state index in [1.54, 1.807) is 0 Å². The summed E-state index contributed by atoms with van der Waals surface area (Å²) in [5.74, 6) is 0.0812. The average molecular weight is 329 g/mol. The minimum absolute atomic E-state index is 0.00449. The van der Waals surface area contributed by atoms with Crippen molar-refractivity contribution < 1.29 is 9.59 Å². The van der Waals surface area contributed by atoms with Crippen LogP contribution in [0.4, 0.5) is 0 Å². The number of likely N-dealkylation sites (tertiary alicyclic amines) is 1. The molecule has 5 heteroatoms.